The molecule has 0 aliphatic carbocycles. The van der Waals surface area contributed by atoms with Crippen molar-refractivity contribution >= 4 is 0 Å². The van der Waals surface area contributed by atoms with Crippen LogP contribution in [0.2, 0.25) is 0 Å². The highest BCUT2D eigenvalue weighted by Crippen LogP contribution is 2.19. The summed E-state index contributed by atoms with van der Waals surface area (Å²) in [4.78, 5) is 2.56. The van der Waals surface area contributed by atoms with Crippen molar-refractivity contribution < 1.29 is 0 Å². The Morgan fingerprint density at radius 3 is 2.29 bits per heavy atom. The third kappa shape index (κ3) is 6.85. The van der Waals surface area contributed by atoms with Crippen LogP contribution in [-0.4, -0.2) is 36.1 Å². The lowest BCUT2D eigenvalue weighted by Gasteiger charge is -2.41. The van der Waals surface area contributed by atoms with Gasteiger partial charge >= 0.3 is 0 Å². The van der Waals surface area contributed by atoms with Gasteiger partial charge in [-0.15, -0.1) is 6.58 Å². The molecule has 0 saturated heterocycles. The van der Waals surface area contributed by atoms with Crippen molar-refractivity contribution in [2.45, 2.75) is 65.5 Å². The van der Waals surface area contributed by atoms with Crippen LogP contribution in [0.5, 0.6) is 0 Å². The zero-order valence-electron chi connectivity index (χ0n) is 12.6. The smallest absolute Gasteiger partial charge is 0.0229 e. The van der Waals surface area contributed by atoms with Crippen molar-refractivity contribution in [2.75, 3.05) is 19.6 Å². The van der Waals surface area contributed by atoms with Crippen LogP contribution in [-0.2, 0) is 0 Å². The molecule has 1 unspecified atom stereocenters. The maximum Gasteiger partial charge on any atom is 0.0229 e. The number of hydrogen-bond donors (Lipinski definition) is 1. The van der Waals surface area contributed by atoms with E-state index in [1.54, 1.807) is 0 Å². The van der Waals surface area contributed by atoms with E-state index in [1.165, 1.54) is 19.3 Å². The monoisotopic (exact) mass is 240 g/mol. The van der Waals surface area contributed by atoms with Crippen molar-refractivity contribution in [3.63, 3.8) is 0 Å². The molecule has 2 heteroatoms. The summed E-state index contributed by atoms with van der Waals surface area (Å²) in [6, 6.07) is 0.615. The molecular weight excluding hydrogens is 208 g/mol. The summed E-state index contributed by atoms with van der Waals surface area (Å²) in [5, 5.41) is 3.55. The summed E-state index contributed by atoms with van der Waals surface area (Å²) in [6.07, 6.45) is 5.72. The number of hydrogen-bond acceptors (Lipinski definition) is 2. The summed E-state index contributed by atoms with van der Waals surface area (Å²) in [5.74, 6) is 0. The van der Waals surface area contributed by atoms with Crippen LogP contribution in [0.15, 0.2) is 12.7 Å². The van der Waals surface area contributed by atoms with Crippen molar-refractivity contribution in [1.29, 1.82) is 0 Å². The minimum atomic E-state index is 0.210. The predicted octanol–water partition coefficient (Wildman–Crippen LogP) is 3.44. The van der Waals surface area contributed by atoms with E-state index in [2.05, 4.69) is 51.4 Å². The minimum absolute atomic E-state index is 0.210. The highest BCUT2D eigenvalue weighted by molar-refractivity contribution is 4.88. The maximum atomic E-state index is 3.89. The molecule has 102 valence electrons. The molecule has 0 heterocycles. The van der Waals surface area contributed by atoms with Crippen LogP contribution in [0.1, 0.15) is 53.9 Å². The van der Waals surface area contributed by atoms with E-state index in [4.69, 9.17) is 0 Å². The van der Waals surface area contributed by atoms with Gasteiger partial charge in [0.15, 0.2) is 0 Å². The van der Waals surface area contributed by atoms with Crippen molar-refractivity contribution in [3.05, 3.63) is 12.7 Å². The Kier molecular flexibility index (Phi) is 8.53. The van der Waals surface area contributed by atoms with E-state index < -0.39 is 0 Å². The lowest BCUT2D eigenvalue weighted by molar-refractivity contribution is 0.0898. The zero-order chi connectivity index (χ0) is 13.3. The van der Waals surface area contributed by atoms with Crippen molar-refractivity contribution in [2.24, 2.45) is 0 Å². The Bertz CT molecular complexity index is 194. The van der Waals surface area contributed by atoms with Gasteiger partial charge in [-0.1, -0.05) is 26.3 Å². The van der Waals surface area contributed by atoms with Gasteiger partial charge in [0, 0.05) is 24.7 Å². The Morgan fingerprint density at radius 2 is 1.88 bits per heavy atom. The second-order valence-electron chi connectivity index (χ2n) is 5.76. The first-order valence-electron chi connectivity index (χ1n) is 7.05. The molecule has 17 heavy (non-hydrogen) atoms. The van der Waals surface area contributed by atoms with Crippen LogP contribution in [0.3, 0.4) is 0 Å². The predicted molar refractivity (Wildman–Crippen MR) is 78.5 cm³/mol. The molecule has 0 bridgehead atoms. The maximum absolute atomic E-state index is 3.89. The Hall–Kier alpha value is -0.340. The number of nitrogens with one attached hydrogen (secondary N) is 1. The van der Waals surface area contributed by atoms with Gasteiger partial charge in [0.05, 0.1) is 0 Å². The van der Waals surface area contributed by atoms with Gasteiger partial charge in [-0.25, -0.2) is 0 Å². The van der Waals surface area contributed by atoms with Crippen molar-refractivity contribution in [3.8, 4) is 0 Å². The third-order valence-electron chi connectivity index (χ3n) is 3.06. The molecule has 0 saturated carbocycles. The average molecular weight is 240 g/mol. The van der Waals surface area contributed by atoms with E-state index in [1.807, 2.05) is 6.08 Å². The van der Waals surface area contributed by atoms with Gasteiger partial charge in [0.25, 0.3) is 0 Å². The first kappa shape index (κ1) is 16.7. The fraction of sp³-hybridized carbons (Fsp3) is 0.867. The molecule has 0 aliphatic rings. The summed E-state index contributed by atoms with van der Waals surface area (Å²) in [6.45, 7) is 18.4. The van der Waals surface area contributed by atoms with Crippen molar-refractivity contribution in [1.82, 2.24) is 10.2 Å². The molecule has 0 radical (unpaired) electrons. The third-order valence-corrected chi connectivity index (χ3v) is 3.06. The van der Waals surface area contributed by atoms with E-state index in [0.29, 0.717) is 6.04 Å². The van der Waals surface area contributed by atoms with Crippen LogP contribution < -0.4 is 5.32 Å². The van der Waals surface area contributed by atoms with E-state index in [9.17, 15) is 0 Å². The molecule has 0 fully saturated rings. The molecule has 0 spiro atoms. The van der Waals surface area contributed by atoms with E-state index in [-0.39, 0.29) is 5.54 Å². The normalized spacial score (nSPS) is 14.0. The molecule has 0 amide bonds. The SMILES string of the molecule is C=CCN(C(CCC)CNCCC)C(C)(C)C. The van der Waals surface area contributed by atoms with Gasteiger partial charge in [-0.3, -0.25) is 4.90 Å². The van der Waals surface area contributed by atoms with E-state index in [0.717, 1.165) is 19.6 Å². The Morgan fingerprint density at radius 1 is 1.24 bits per heavy atom. The summed E-state index contributed by atoms with van der Waals surface area (Å²) in [7, 11) is 0. The first-order chi connectivity index (χ1) is 7.97. The Balaban J connectivity index is 4.52. The lowest BCUT2D eigenvalue weighted by Crippen LogP contribution is -2.51. The number of rotatable bonds is 9. The second kappa shape index (κ2) is 8.71. The summed E-state index contributed by atoms with van der Waals surface area (Å²) >= 11 is 0. The van der Waals surface area contributed by atoms with Gasteiger partial charge in [-0.05, 0) is 40.2 Å². The lowest BCUT2D eigenvalue weighted by atomic mass is 10.00. The molecule has 1 N–H and O–H groups in total. The van der Waals surface area contributed by atoms with Crippen LogP contribution in [0.4, 0.5) is 0 Å². The first-order valence-corrected chi connectivity index (χ1v) is 7.05. The summed E-state index contributed by atoms with van der Waals surface area (Å²) in [5.41, 5.74) is 0.210. The molecule has 0 aliphatic heterocycles. The molecule has 0 aromatic carbocycles. The standard InChI is InChI=1S/C15H32N2/c1-7-10-14(13-16-11-8-2)17(12-9-3)15(4,5)6/h9,14,16H,3,7-8,10-13H2,1-2,4-6H3. The fourth-order valence-electron chi connectivity index (χ4n) is 2.26. The molecule has 2 nitrogen and oxygen atoms in total. The van der Waals surface area contributed by atoms with Gasteiger partial charge in [0.1, 0.15) is 0 Å². The van der Waals surface area contributed by atoms with Gasteiger partial charge in [0.2, 0.25) is 0 Å². The Labute approximate surface area is 108 Å². The van der Waals surface area contributed by atoms with Crippen LogP contribution in [0.25, 0.3) is 0 Å². The topological polar surface area (TPSA) is 15.3 Å². The number of nitrogens with zero attached hydrogens (tertiary/aromatic N) is 1. The molecular formula is C15H32N2. The van der Waals surface area contributed by atoms with Gasteiger partial charge in [-0.2, -0.15) is 0 Å². The highest BCUT2D eigenvalue weighted by Gasteiger charge is 2.26. The fourth-order valence-corrected chi connectivity index (χ4v) is 2.26. The average Bonchev–Trinajstić information content (AvgIpc) is 2.24. The molecule has 1 atom stereocenters. The molecule has 0 aromatic rings. The zero-order valence-corrected chi connectivity index (χ0v) is 12.6. The van der Waals surface area contributed by atoms with Gasteiger partial charge < -0.3 is 5.32 Å². The van der Waals surface area contributed by atoms with Crippen LogP contribution in [0, 0.1) is 0 Å². The highest BCUT2D eigenvalue weighted by atomic mass is 15.2. The van der Waals surface area contributed by atoms with E-state index >= 15 is 0 Å². The second-order valence-corrected chi connectivity index (χ2v) is 5.76. The largest absolute Gasteiger partial charge is 0.315 e. The molecule has 0 aromatic heterocycles. The quantitative estimate of drug-likeness (QED) is 0.490. The van der Waals surface area contributed by atoms with Crippen LogP contribution >= 0.6 is 0 Å². The minimum Gasteiger partial charge on any atom is -0.315 e. The summed E-state index contributed by atoms with van der Waals surface area (Å²) < 4.78 is 0. The molecule has 0 rings (SSSR count).